The Bertz CT molecular complexity index is 4260. The van der Waals surface area contributed by atoms with E-state index in [4.69, 9.17) is 8.94 Å². The Kier molecular flexibility index (Phi) is 22.5. The van der Waals surface area contributed by atoms with Crippen molar-refractivity contribution >= 4 is 87.7 Å². The topological polar surface area (TPSA) is 335 Å². The smallest absolute Gasteiger partial charge is 0.322 e. The zero-order valence-electron chi connectivity index (χ0n) is 56.1. The highest BCUT2D eigenvalue weighted by Crippen LogP contribution is 2.31. The molecule has 0 spiro atoms. The number of benzene rings is 3. The molecule has 0 radical (unpaired) electrons. The third-order valence-corrected chi connectivity index (χ3v) is 16.5. The summed E-state index contributed by atoms with van der Waals surface area (Å²) in [5.74, 6) is -7.76. The molecule has 0 aliphatic heterocycles. The summed E-state index contributed by atoms with van der Waals surface area (Å²) < 4.78 is 55.0. The largest absolute Gasteiger partial charge is 0.408 e. The highest BCUT2D eigenvalue weighted by molar-refractivity contribution is 6.47. The van der Waals surface area contributed by atoms with E-state index in [1.165, 1.54) is 74.4 Å². The van der Waals surface area contributed by atoms with Crippen LogP contribution < -0.4 is 37.2 Å². The maximum absolute atomic E-state index is 13.6. The van der Waals surface area contributed by atoms with E-state index in [0.29, 0.717) is 86.1 Å². The normalized spacial score (nSPS) is 12.3. The van der Waals surface area contributed by atoms with Crippen molar-refractivity contribution in [3.63, 3.8) is 0 Å². The Morgan fingerprint density at radius 3 is 1.20 bits per heavy atom. The average Bonchev–Trinajstić information content (AvgIpc) is 1.59. The van der Waals surface area contributed by atoms with Crippen LogP contribution in [0.2, 0.25) is 0 Å². The van der Waals surface area contributed by atoms with Gasteiger partial charge in [0.25, 0.3) is 41.0 Å². The molecule has 1 fully saturated rings. The first-order valence-corrected chi connectivity index (χ1v) is 30.4. The fourth-order valence-electron chi connectivity index (χ4n) is 11.3. The standard InChI is InChI=1S/C27H35FN4O4.C21H21FN4O4.C20H20FN5O4/c1-15(2)29-26(36)27(12-8-7-9-13-27)31-25(35)23(33)22-17(4)21(18(5)32(22)6)24(34)30-19-10-11-20(28)16(3)14-19;1-10-8-14(6-7-15(10)22)23-20(28)17-12(3)18(26(5)13(17)4)19(27)21(29)24-16-9-11(2)25-30-16;1-9-8-13(6-7-14(9)21)22-18(28)15-10(2)16(26(5)11(15)3)17(27)19(29)23-20-25-24-12(4)30-20/h10-11,14-15H,7-9,12-13H2,1-6H3,(H,29,36)(H,30,34)(H,31,35);6-9H,1-5H3,(H,23,28)(H,24,29);6-8H,1-5H3,(H,22,28)(H,23,25,29). The second kappa shape index (κ2) is 29.9. The Hall–Kier alpha value is -11.1. The molecule has 96 heavy (non-hydrogen) atoms. The molecule has 7 N–H and O–H groups in total. The molecule has 1 aliphatic carbocycles. The van der Waals surface area contributed by atoms with Gasteiger partial charge >= 0.3 is 17.8 Å². The fraction of sp³-hybridized carbons (Fsp3) is 0.338. The Labute approximate surface area is 550 Å². The third kappa shape index (κ3) is 15.9. The molecule has 7 amide bonds. The summed E-state index contributed by atoms with van der Waals surface area (Å²) in [6, 6.07) is 13.9. The van der Waals surface area contributed by atoms with Crippen molar-refractivity contribution in [1.82, 2.24) is 39.7 Å². The van der Waals surface area contributed by atoms with Crippen LogP contribution in [0.15, 0.2) is 69.6 Å². The monoisotopic (exact) mass is 1320 g/mol. The van der Waals surface area contributed by atoms with E-state index in [9.17, 15) is 61.1 Å². The molecule has 8 aromatic rings. The van der Waals surface area contributed by atoms with Crippen LogP contribution in [0.5, 0.6) is 0 Å². The molecule has 1 saturated carbocycles. The van der Waals surface area contributed by atoms with Crippen molar-refractivity contribution in [2.45, 2.75) is 134 Å². The summed E-state index contributed by atoms with van der Waals surface area (Å²) >= 11 is 0. The van der Waals surface area contributed by atoms with Gasteiger partial charge in [0.2, 0.25) is 17.7 Å². The predicted molar refractivity (Wildman–Crippen MR) is 350 cm³/mol. The van der Waals surface area contributed by atoms with Crippen molar-refractivity contribution in [2.24, 2.45) is 21.1 Å². The Morgan fingerprint density at radius 1 is 0.490 bits per heavy atom. The van der Waals surface area contributed by atoms with E-state index < -0.39 is 58.3 Å². The van der Waals surface area contributed by atoms with Crippen molar-refractivity contribution < 1.29 is 70.1 Å². The van der Waals surface area contributed by atoms with E-state index in [0.717, 1.165) is 19.3 Å². The molecule has 506 valence electrons. The van der Waals surface area contributed by atoms with Gasteiger partial charge in [-0.05, 0) is 184 Å². The first-order valence-electron chi connectivity index (χ1n) is 30.4. The Balaban J connectivity index is 0.000000204. The molecule has 0 bridgehead atoms. The average molecular weight is 1320 g/mol. The van der Waals surface area contributed by atoms with Gasteiger partial charge in [0.15, 0.2) is 0 Å². The van der Waals surface area contributed by atoms with Crippen LogP contribution in [-0.4, -0.2) is 99.3 Å². The van der Waals surface area contributed by atoms with Crippen LogP contribution in [0.3, 0.4) is 0 Å². The van der Waals surface area contributed by atoms with Gasteiger partial charge < -0.3 is 49.2 Å². The van der Waals surface area contributed by atoms with Crippen LogP contribution in [-0.2, 0) is 40.3 Å². The molecule has 25 nitrogen and oxygen atoms in total. The minimum Gasteiger partial charge on any atom is -0.408 e. The van der Waals surface area contributed by atoms with E-state index in [1.54, 1.807) is 97.3 Å². The summed E-state index contributed by atoms with van der Waals surface area (Å²) in [4.78, 5) is 129. The lowest BCUT2D eigenvalue weighted by Gasteiger charge is -2.37. The summed E-state index contributed by atoms with van der Waals surface area (Å²) in [7, 11) is 4.79. The second-order valence-electron chi connectivity index (χ2n) is 23.8. The van der Waals surface area contributed by atoms with E-state index in [2.05, 4.69) is 52.6 Å². The number of nitrogens with one attached hydrogen (secondary N) is 7. The highest BCUT2D eigenvalue weighted by Gasteiger charge is 2.43. The summed E-state index contributed by atoms with van der Waals surface area (Å²) in [6.07, 6.45) is 3.43. The zero-order chi connectivity index (χ0) is 71.1. The Morgan fingerprint density at radius 2 is 0.865 bits per heavy atom. The number of halogens is 3. The van der Waals surface area contributed by atoms with Crippen LogP contribution >= 0.6 is 0 Å². The molecule has 0 atom stereocenters. The number of rotatable bonds is 17. The van der Waals surface area contributed by atoms with Gasteiger partial charge in [0.1, 0.15) is 23.0 Å². The van der Waals surface area contributed by atoms with Gasteiger partial charge in [-0.1, -0.05) is 29.5 Å². The SMILES string of the molecule is Cc1cc(NC(=O)C(=O)c2c(C)c(C(=O)Nc3ccc(F)c(C)c3)c(C)n2C)on1.Cc1cc(NC(=O)c2c(C)c(C(=O)C(=O)NC3(C(=O)NC(C)C)CCCCC3)n(C)c2C)ccc1F.Cc1nnc(NC(=O)C(=O)c2c(C)c(C(=O)Nc3ccc(F)c(C)c3)c(C)n2C)o1. The molecule has 1 aliphatic rings. The van der Waals surface area contributed by atoms with Crippen molar-refractivity contribution in [2.75, 3.05) is 26.6 Å². The van der Waals surface area contributed by atoms with Gasteiger partial charge in [-0.15, -0.1) is 5.10 Å². The van der Waals surface area contributed by atoms with Gasteiger partial charge in [0, 0.05) is 74.3 Å². The number of amides is 7. The minimum atomic E-state index is -1.13. The molecule has 5 heterocycles. The summed E-state index contributed by atoms with van der Waals surface area (Å²) in [6.45, 7) is 21.5. The lowest BCUT2D eigenvalue weighted by Crippen LogP contribution is -2.61. The summed E-state index contributed by atoms with van der Waals surface area (Å²) in [5.41, 5.74) is 5.43. The maximum atomic E-state index is 13.6. The highest BCUT2D eigenvalue weighted by atomic mass is 19.1. The van der Waals surface area contributed by atoms with Crippen LogP contribution in [0.4, 0.5) is 42.1 Å². The van der Waals surface area contributed by atoms with E-state index in [1.807, 2.05) is 13.8 Å². The van der Waals surface area contributed by atoms with Crippen LogP contribution in [0, 0.1) is 93.6 Å². The molecule has 9 rings (SSSR count). The lowest BCUT2D eigenvalue weighted by molar-refractivity contribution is -0.133. The van der Waals surface area contributed by atoms with E-state index in [-0.39, 0.29) is 81.0 Å². The van der Waals surface area contributed by atoms with Gasteiger partial charge in [-0.3, -0.25) is 58.6 Å². The quantitative estimate of drug-likeness (QED) is 0.0329. The number of aryl methyl sites for hydroxylation is 5. The van der Waals surface area contributed by atoms with Crippen molar-refractivity contribution in [3.05, 3.63) is 174 Å². The number of ketones is 3. The molecular formula is C68H76F3N13O12. The van der Waals surface area contributed by atoms with Gasteiger partial charge in [-0.25, -0.2) is 13.2 Å². The number of nitrogens with zero attached hydrogens (tertiary/aromatic N) is 6. The molecule has 0 saturated heterocycles. The predicted octanol–water partition coefficient (Wildman–Crippen LogP) is 10.2. The number of hydrogen-bond donors (Lipinski definition) is 7. The van der Waals surface area contributed by atoms with Crippen LogP contribution in [0.1, 0.15) is 171 Å². The fourth-order valence-corrected chi connectivity index (χ4v) is 11.3. The maximum Gasteiger partial charge on any atom is 0.322 e. The first kappa shape index (κ1) is 72.4. The van der Waals surface area contributed by atoms with Crippen molar-refractivity contribution in [3.8, 4) is 0 Å². The minimum absolute atomic E-state index is 0.0547. The summed E-state index contributed by atoms with van der Waals surface area (Å²) in [5, 5.41) is 29.2. The first-order chi connectivity index (χ1) is 45.1. The van der Waals surface area contributed by atoms with Crippen molar-refractivity contribution in [1.29, 1.82) is 0 Å². The number of carbonyl (C=O) groups is 10. The molecule has 5 aromatic heterocycles. The third-order valence-electron chi connectivity index (χ3n) is 16.5. The van der Waals surface area contributed by atoms with Crippen LogP contribution in [0.25, 0.3) is 0 Å². The molecule has 3 aromatic carbocycles. The number of Topliss-reactive ketones (excluding diaryl/α,β-unsaturated/α-hetero) is 3. The zero-order valence-corrected chi connectivity index (χ0v) is 56.1. The molecular weight excluding hydrogens is 1250 g/mol. The number of aromatic nitrogens is 6. The second-order valence-corrected chi connectivity index (χ2v) is 23.8. The number of anilines is 5. The van der Waals surface area contributed by atoms with E-state index >= 15 is 0 Å². The lowest BCUT2D eigenvalue weighted by atomic mass is 9.80. The van der Waals surface area contributed by atoms with Gasteiger partial charge in [-0.2, -0.15) is 0 Å². The molecule has 0 unspecified atom stereocenters. The number of hydrogen-bond acceptors (Lipinski definition) is 15. The number of carbonyl (C=O) groups excluding carboxylic acids is 10. The molecule has 28 heteroatoms. The van der Waals surface area contributed by atoms with Gasteiger partial charge in [0.05, 0.1) is 39.5 Å².